The van der Waals surface area contributed by atoms with E-state index in [1.807, 2.05) is 32.9 Å². The maximum absolute atomic E-state index is 12.0. The van der Waals surface area contributed by atoms with E-state index in [0.717, 1.165) is 18.4 Å². The smallest absolute Gasteiger partial charge is 0.244 e. The van der Waals surface area contributed by atoms with Gasteiger partial charge in [-0.3, -0.25) is 4.79 Å². The van der Waals surface area contributed by atoms with E-state index in [-0.39, 0.29) is 30.1 Å². The van der Waals surface area contributed by atoms with Crippen molar-refractivity contribution in [3.63, 3.8) is 0 Å². The fraction of sp³-hybridized carbons (Fsp3) is 0.654. The number of nitrogens with one attached hydrogen (secondary N) is 1. The van der Waals surface area contributed by atoms with Gasteiger partial charge in [-0.2, -0.15) is 0 Å². The van der Waals surface area contributed by atoms with Crippen molar-refractivity contribution in [1.82, 2.24) is 5.32 Å². The van der Waals surface area contributed by atoms with E-state index in [1.54, 1.807) is 14.0 Å². The molecule has 0 radical (unpaired) electrons. The van der Waals surface area contributed by atoms with Crippen LogP contribution in [0.15, 0.2) is 48.1 Å². The summed E-state index contributed by atoms with van der Waals surface area (Å²) in [4.78, 5) is 12.0. The van der Waals surface area contributed by atoms with Crippen LogP contribution in [0, 0.1) is 5.92 Å². The Kier molecular flexibility index (Phi) is 10.1. The van der Waals surface area contributed by atoms with Crippen LogP contribution >= 0.6 is 0 Å². The second-order valence-corrected chi connectivity index (χ2v) is 9.55. The summed E-state index contributed by atoms with van der Waals surface area (Å²) < 4.78 is 17.6. The summed E-state index contributed by atoms with van der Waals surface area (Å²) in [6.45, 7) is 13.5. The SMILES string of the molecule is C=C1C[C@@](C)(OC)O[C@H](/C=C/C(C)=C/C[C@@H]2O[C@H](C)[C@H](NC(=O)/C=C\[C@H](C)O)C[C@@H]2C)[C@H]1O. The fourth-order valence-corrected chi connectivity index (χ4v) is 4.20. The molecule has 33 heavy (non-hydrogen) atoms. The van der Waals surface area contributed by atoms with Crippen molar-refractivity contribution in [2.45, 2.75) is 96.2 Å². The van der Waals surface area contributed by atoms with Crippen molar-refractivity contribution < 1.29 is 29.2 Å². The van der Waals surface area contributed by atoms with Crippen molar-refractivity contribution in [2.75, 3.05) is 7.11 Å². The van der Waals surface area contributed by atoms with Crippen LogP contribution < -0.4 is 5.32 Å². The van der Waals surface area contributed by atoms with Gasteiger partial charge in [-0.15, -0.1) is 0 Å². The number of aliphatic hydroxyl groups excluding tert-OH is 2. The molecule has 0 unspecified atom stereocenters. The summed E-state index contributed by atoms with van der Waals surface area (Å²) in [5.41, 5.74) is 1.74. The predicted molar refractivity (Wildman–Crippen MR) is 128 cm³/mol. The maximum atomic E-state index is 12.0. The Labute approximate surface area is 198 Å². The molecular weight excluding hydrogens is 422 g/mol. The van der Waals surface area contributed by atoms with E-state index >= 15 is 0 Å². The maximum Gasteiger partial charge on any atom is 0.244 e. The molecule has 0 aromatic carbocycles. The van der Waals surface area contributed by atoms with Crippen LogP contribution in [0.5, 0.6) is 0 Å². The van der Waals surface area contributed by atoms with Crippen molar-refractivity contribution in [3.8, 4) is 0 Å². The molecule has 8 atom stereocenters. The van der Waals surface area contributed by atoms with Gasteiger partial charge in [0.2, 0.25) is 5.91 Å². The summed E-state index contributed by atoms with van der Waals surface area (Å²) >= 11 is 0. The summed E-state index contributed by atoms with van der Waals surface area (Å²) in [5.74, 6) is -0.737. The van der Waals surface area contributed by atoms with E-state index in [2.05, 4.69) is 24.9 Å². The van der Waals surface area contributed by atoms with E-state index in [4.69, 9.17) is 14.2 Å². The third kappa shape index (κ3) is 8.19. The molecule has 2 heterocycles. The molecule has 0 aliphatic carbocycles. The lowest BCUT2D eigenvalue weighted by atomic mass is 9.88. The van der Waals surface area contributed by atoms with Gasteiger partial charge in [0.1, 0.15) is 12.2 Å². The van der Waals surface area contributed by atoms with Crippen LogP contribution in [0.1, 0.15) is 53.9 Å². The normalized spacial score (nSPS) is 37.0. The third-order valence-corrected chi connectivity index (χ3v) is 6.39. The van der Waals surface area contributed by atoms with Crippen LogP contribution in [0.25, 0.3) is 0 Å². The molecule has 2 saturated heterocycles. The zero-order valence-corrected chi connectivity index (χ0v) is 20.8. The number of amides is 1. The molecule has 0 spiro atoms. The lowest BCUT2D eigenvalue weighted by molar-refractivity contribution is -0.253. The highest BCUT2D eigenvalue weighted by molar-refractivity contribution is 5.87. The zero-order valence-electron chi connectivity index (χ0n) is 20.8. The molecule has 0 aromatic heterocycles. The molecule has 0 bridgehead atoms. The second-order valence-electron chi connectivity index (χ2n) is 9.55. The Morgan fingerprint density at radius 2 is 2.09 bits per heavy atom. The summed E-state index contributed by atoms with van der Waals surface area (Å²) in [6, 6.07) is -0.0690. The Balaban J connectivity index is 1.91. The number of hydrogen-bond acceptors (Lipinski definition) is 6. The highest BCUT2D eigenvalue weighted by atomic mass is 16.7. The van der Waals surface area contributed by atoms with E-state index in [0.29, 0.717) is 12.0 Å². The average Bonchev–Trinajstić information content (AvgIpc) is 2.75. The number of carbonyl (C=O) groups excluding carboxylic acids is 1. The Morgan fingerprint density at radius 1 is 1.39 bits per heavy atom. The molecule has 7 nitrogen and oxygen atoms in total. The number of ether oxygens (including phenoxy) is 3. The van der Waals surface area contributed by atoms with Crippen molar-refractivity contribution in [2.24, 2.45) is 5.92 Å². The molecule has 7 heteroatoms. The lowest BCUT2D eigenvalue weighted by Gasteiger charge is -2.40. The van der Waals surface area contributed by atoms with Crippen molar-refractivity contribution in [3.05, 3.63) is 48.1 Å². The summed E-state index contributed by atoms with van der Waals surface area (Å²) in [5, 5.41) is 22.7. The molecule has 2 fully saturated rings. The van der Waals surface area contributed by atoms with Gasteiger partial charge in [-0.1, -0.05) is 43.4 Å². The van der Waals surface area contributed by atoms with Crippen LogP contribution in [0.2, 0.25) is 0 Å². The molecule has 3 N–H and O–H groups in total. The Morgan fingerprint density at radius 3 is 2.73 bits per heavy atom. The van der Waals surface area contributed by atoms with E-state index in [1.165, 1.54) is 12.2 Å². The molecule has 1 amide bonds. The average molecular weight is 464 g/mol. The monoisotopic (exact) mass is 463 g/mol. The summed E-state index contributed by atoms with van der Waals surface area (Å²) in [6.07, 6.45) is 8.77. The van der Waals surface area contributed by atoms with Crippen LogP contribution in [-0.2, 0) is 19.0 Å². The number of allylic oxidation sites excluding steroid dienone is 2. The second kappa shape index (κ2) is 12.1. The van der Waals surface area contributed by atoms with Gasteiger partial charge >= 0.3 is 0 Å². The van der Waals surface area contributed by atoms with Gasteiger partial charge in [0.25, 0.3) is 0 Å². The fourth-order valence-electron chi connectivity index (χ4n) is 4.20. The highest BCUT2D eigenvalue weighted by Gasteiger charge is 2.39. The minimum absolute atomic E-state index is 0.0533. The number of aliphatic hydroxyl groups is 2. The standard InChI is InChI=1S/C26H41NO6/c1-16(9-12-23-25(30)18(3)15-26(6,31-7)33-23)8-11-22-17(2)14-21(20(5)32-22)27-24(29)13-10-19(4)28/h8-10,12-13,17,19-23,25,28,30H,3,11,14-15H2,1-2,4-7H3,(H,27,29)/b12-9+,13-10-,16-8+/t17-,19-,20+,21+,22-,23+,25-,26-/m0/s1. The first-order valence-corrected chi connectivity index (χ1v) is 11.7. The largest absolute Gasteiger partial charge is 0.389 e. The van der Waals surface area contributed by atoms with Gasteiger partial charge in [0.05, 0.1) is 24.4 Å². The Hall–Kier alpha value is -1.77. The van der Waals surface area contributed by atoms with E-state index < -0.39 is 24.1 Å². The van der Waals surface area contributed by atoms with Gasteiger partial charge < -0.3 is 29.7 Å². The molecule has 2 aliphatic heterocycles. The van der Waals surface area contributed by atoms with Crippen LogP contribution in [-0.4, -0.2) is 65.6 Å². The first-order valence-electron chi connectivity index (χ1n) is 11.7. The number of rotatable bonds is 8. The highest BCUT2D eigenvalue weighted by Crippen LogP contribution is 2.33. The minimum atomic E-state index is -0.789. The van der Waals surface area contributed by atoms with Crippen LogP contribution in [0.4, 0.5) is 0 Å². The summed E-state index contributed by atoms with van der Waals surface area (Å²) in [7, 11) is 1.59. The molecule has 0 aromatic rings. The molecular formula is C26H41NO6. The number of carbonyl (C=O) groups is 1. The van der Waals surface area contributed by atoms with Gasteiger partial charge in [-0.25, -0.2) is 0 Å². The number of hydrogen-bond donors (Lipinski definition) is 3. The number of methoxy groups -OCH3 is 1. The van der Waals surface area contributed by atoms with Crippen LogP contribution in [0.3, 0.4) is 0 Å². The van der Waals surface area contributed by atoms with Crippen molar-refractivity contribution >= 4 is 5.91 Å². The first kappa shape index (κ1) is 27.5. The predicted octanol–water partition coefficient (Wildman–Crippen LogP) is 3.18. The molecule has 2 rings (SSSR count). The van der Waals surface area contributed by atoms with Crippen molar-refractivity contribution in [1.29, 1.82) is 0 Å². The Bertz CT molecular complexity index is 773. The quantitative estimate of drug-likeness (QED) is 0.291. The molecule has 2 aliphatic rings. The minimum Gasteiger partial charge on any atom is -0.389 e. The third-order valence-electron chi connectivity index (χ3n) is 6.39. The zero-order chi connectivity index (χ0) is 24.8. The molecule has 0 saturated carbocycles. The van der Waals surface area contributed by atoms with E-state index in [9.17, 15) is 15.0 Å². The lowest BCUT2D eigenvalue weighted by Crippen LogP contribution is -2.50. The topological polar surface area (TPSA) is 97.2 Å². The van der Waals surface area contributed by atoms with Gasteiger partial charge in [-0.05, 0) is 52.0 Å². The first-order chi connectivity index (χ1) is 15.4. The van der Waals surface area contributed by atoms with Gasteiger partial charge in [0.15, 0.2) is 5.79 Å². The van der Waals surface area contributed by atoms with Gasteiger partial charge in [0, 0.05) is 19.6 Å². The molecule has 186 valence electrons.